The molecule has 1 unspecified atom stereocenters. The summed E-state index contributed by atoms with van der Waals surface area (Å²) in [6, 6.07) is 12.8. The van der Waals surface area contributed by atoms with Gasteiger partial charge in [0.15, 0.2) is 0 Å². The topological polar surface area (TPSA) is 39.7 Å². The molecule has 2 fully saturated rings. The summed E-state index contributed by atoms with van der Waals surface area (Å²) in [5.41, 5.74) is 2.97. The van der Waals surface area contributed by atoms with Crippen molar-refractivity contribution in [2.24, 2.45) is 0 Å². The molecule has 0 aliphatic carbocycles. The number of aromatic nitrogens is 1. The van der Waals surface area contributed by atoms with Crippen LogP contribution in [0, 0.1) is 0 Å². The third-order valence-electron chi connectivity index (χ3n) is 6.52. The van der Waals surface area contributed by atoms with Crippen molar-refractivity contribution in [3.8, 4) is 0 Å². The molecular weight excluding hydrogens is 348 g/mol. The SMILES string of the molecule is O=C(c1ccc(N2CCC(N3CCCCC3)C2)nc1)N1CCc2ccccc21. The predicted molar refractivity (Wildman–Crippen MR) is 112 cm³/mol. The highest BCUT2D eigenvalue weighted by Gasteiger charge is 2.30. The van der Waals surface area contributed by atoms with Gasteiger partial charge in [-0.25, -0.2) is 4.98 Å². The lowest BCUT2D eigenvalue weighted by Crippen LogP contribution is -2.41. The molecular formula is C23H28N4O. The molecule has 5 rings (SSSR count). The molecule has 0 saturated carbocycles. The fraction of sp³-hybridized carbons (Fsp3) is 0.478. The van der Waals surface area contributed by atoms with Crippen molar-refractivity contribution < 1.29 is 4.79 Å². The maximum atomic E-state index is 13.0. The summed E-state index contributed by atoms with van der Waals surface area (Å²) in [6.45, 7) is 5.36. The van der Waals surface area contributed by atoms with E-state index >= 15 is 0 Å². The van der Waals surface area contributed by atoms with E-state index in [2.05, 4.69) is 20.9 Å². The average Bonchev–Trinajstić information content (AvgIpc) is 3.42. The predicted octanol–water partition coefficient (Wildman–Crippen LogP) is 3.35. The number of piperidine rings is 1. The molecule has 1 amide bonds. The fourth-order valence-corrected chi connectivity index (χ4v) is 4.94. The molecule has 1 atom stereocenters. The van der Waals surface area contributed by atoms with Gasteiger partial charge in [-0.1, -0.05) is 24.6 Å². The second-order valence-electron chi connectivity index (χ2n) is 8.23. The van der Waals surface area contributed by atoms with Gasteiger partial charge in [0.25, 0.3) is 5.91 Å². The molecule has 3 aliphatic heterocycles. The van der Waals surface area contributed by atoms with Gasteiger partial charge in [0.2, 0.25) is 0 Å². The van der Waals surface area contributed by atoms with Gasteiger partial charge < -0.3 is 9.80 Å². The Labute approximate surface area is 167 Å². The first-order chi connectivity index (χ1) is 13.8. The molecule has 146 valence electrons. The van der Waals surface area contributed by atoms with E-state index in [4.69, 9.17) is 0 Å². The Morgan fingerprint density at radius 3 is 2.64 bits per heavy atom. The second-order valence-corrected chi connectivity index (χ2v) is 8.23. The van der Waals surface area contributed by atoms with E-state index in [0.717, 1.165) is 37.6 Å². The van der Waals surface area contributed by atoms with Crippen LogP contribution >= 0.6 is 0 Å². The lowest BCUT2D eigenvalue weighted by atomic mass is 10.1. The molecule has 5 heteroatoms. The quantitative estimate of drug-likeness (QED) is 0.824. The first-order valence-electron chi connectivity index (χ1n) is 10.6. The number of likely N-dealkylation sites (tertiary alicyclic amines) is 1. The molecule has 0 N–H and O–H groups in total. The van der Waals surface area contributed by atoms with E-state index in [1.165, 1.54) is 44.3 Å². The molecule has 2 saturated heterocycles. The summed E-state index contributed by atoms with van der Waals surface area (Å²) in [6.07, 6.45) is 7.96. The highest BCUT2D eigenvalue weighted by Crippen LogP contribution is 2.29. The van der Waals surface area contributed by atoms with Crippen LogP contribution in [0.1, 0.15) is 41.6 Å². The zero-order valence-corrected chi connectivity index (χ0v) is 16.4. The van der Waals surface area contributed by atoms with Gasteiger partial charge in [-0.3, -0.25) is 9.69 Å². The van der Waals surface area contributed by atoms with Crippen LogP contribution in [-0.4, -0.2) is 54.6 Å². The normalized spacial score (nSPS) is 22.5. The number of benzene rings is 1. The molecule has 0 spiro atoms. The van der Waals surface area contributed by atoms with Crippen LogP contribution < -0.4 is 9.80 Å². The average molecular weight is 377 g/mol. The smallest absolute Gasteiger partial charge is 0.259 e. The molecule has 3 aliphatic rings. The van der Waals surface area contributed by atoms with Crippen molar-refractivity contribution in [3.63, 3.8) is 0 Å². The number of fused-ring (bicyclic) bond motifs is 1. The van der Waals surface area contributed by atoms with Crippen molar-refractivity contribution in [1.29, 1.82) is 0 Å². The molecule has 2 aromatic rings. The number of anilines is 2. The zero-order valence-electron chi connectivity index (χ0n) is 16.4. The van der Waals surface area contributed by atoms with Gasteiger partial charge in [0, 0.05) is 37.6 Å². The molecule has 0 radical (unpaired) electrons. The number of hydrogen-bond donors (Lipinski definition) is 0. The van der Waals surface area contributed by atoms with Crippen LogP contribution in [0.15, 0.2) is 42.6 Å². The van der Waals surface area contributed by atoms with Gasteiger partial charge in [-0.05, 0) is 62.5 Å². The third kappa shape index (κ3) is 3.28. The Balaban J connectivity index is 1.26. The number of pyridine rings is 1. The van der Waals surface area contributed by atoms with Crippen molar-refractivity contribution >= 4 is 17.4 Å². The Morgan fingerprint density at radius 1 is 0.964 bits per heavy atom. The number of para-hydroxylation sites is 1. The summed E-state index contributed by atoms with van der Waals surface area (Å²) in [5.74, 6) is 1.05. The van der Waals surface area contributed by atoms with Gasteiger partial charge in [0.1, 0.15) is 5.82 Å². The van der Waals surface area contributed by atoms with Crippen molar-refractivity contribution in [3.05, 3.63) is 53.7 Å². The van der Waals surface area contributed by atoms with E-state index < -0.39 is 0 Å². The van der Waals surface area contributed by atoms with E-state index in [1.807, 2.05) is 35.2 Å². The Morgan fingerprint density at radius 2 is 1.82 bits per heavy atom. The first-order valence-corrected chi connectivity index (χ1v) is 10.6. The van der Waals surface area contributed by atoms with Gasteiger partial charge in [-0.15, -0.1) is 0 Å². The highest BCUT2D eigenvalue weighted by atomic mass is 16.2. The maximum absolute atomic E-state index is 13.0. The largest absolute Gasteiger partial charge is 0.355 e. The fourth-order valence-electron chi connectivity index (χ4n) is 4.94. The molecule has 1 aromatic carbocycles. The Hall–Kier alpha value is -2.40. The molecule has 4 heterocycles. The summed E-state index contributed by atoms with van der Waals surface area (Å²) < 4.78 is 0. The molecule has 1 aromatic heterocycles. The van der Waals surface area contributed by atoms with Crippen molar-refractivity contribution in [1.82, 2.24) is 9.88 Å². The third-order valence-corrected chi connectivity index (χ3v) is 6.52. The Kier molecular flexibility index (Phi) is 4.77. The van der Waals surface area contributed by atoms with Crippen LogP contribution in [-0.2, 0) is 6.42 Å². The van der Waals surface area contributed by atoms with Crippen molar-refractivity contribution in [2.45, 2.75) is 38.1 Å². The summed E-state index contributed by atoms with van der Waals surface area (Å²) in [5, 5.41) is 0. The number of rotatable bonds is 3. The van der Waals surface area contributed by atoms with Crippen LogP contribution in [0.2, 0.25) is 0 Å². The minimum atomic E-state index is 0.0524. The van der Waals surface area contributed by atoms with E-state index in [0.29, 0.717) is 11.6 Å². The minimum Gasteiger partial charge on any atom is -0.355 e. The molecule has 28 heavy (non-hydrogen) atoms. The van der Waals surface area contributed by atoms with Gasteiger partial charge in [-0.2, -0.15) is 0 Å². The van der Waals surface area contributed by atoms with E-state index in [1.54, 1.807) is 6.20 Å². The number of carbonyl (C=O) groups excluding carboxylic acids is 1. The van der Waals surface area contributed by atoms with Crippen molar-refractivity contribution in [2.75, 3.05) is 42.5 Å². The first kappa shape index (κ1) is 17.7. The molecule has 5 nitrogen and oxygen atoms in total. The van der Waals surface area contributed by atoms with E-state index in [-0.39, 0.29) is 5.91 Å². The number of carbonyl (C=O) groups is 1. The van der Waals surface area contributed by atoms with Gasteiger partial charge in [0.05, 0.1) is 5.56 Å². The lowest BCUT2D eigenvalue weighted by Gasteiger charge is -2.32. The van der Waals surface area contributed by atoms with Gasteiger partial charge >= 0.3 is 0 Å². The monoisotopic (exact) mass is 376 g/mol. The number of amides is 1. The maximum Gasteiger partial charge on any atom is 0.259 e. The lowest BCUT2D eigenvalue weighted by molar-refractivity contribution is 0.0989. The highest BCUT2D eigenvalue weighted by molar-refractivity contribution is 6.07. The number of hydrogen-bond acceptors (Lipinski definition) is 4. The Bertz CT molecular complexity index is 844. The van der Waals surface area contributed by atoms with Crippen LogP contribution in [0.3, 0.4) is 0 Å². The zero-order chi connectivity index (χ0) is 18.9. The van der Waals surface area contributed by atoms with Crippen LogP contribution in [0.5, 0.6) is 0 Å². The number of nitrogens with zero attached hydrogens (tertiary/aromatic N) is 4. The summed E-state index contributed by atoms with van der Waals surface area (Å²) in [7, 11) is 0. The minimum absolute atomic E-state index is 0.0524. The second kappa shape index (κ2) is 7.55. The van der Waals surface area contributed by atoms with Crippen LogP contribution in [0.25, 0.3) is 0 Å². The summed E-state index contributed by atoms with van der Waals surface area (Å²) in [4.78, 5) is 24.5. The van der Waals surface area contributed by atoms with Crippen LogP contribution in [0.4, 0.5) is 11.5 Å². The van der Waals surface area contributed by atoms with E-state index in [9.17, 15) is 4.79 Å². The standard InChI is InChI=1S/C23H28N4O/c28-23(27-15-10-18-6-2-3-7-21(18)27)19-8-9-22(24-16-19)26-14-11-20(17-26)25-12-4-1-5-13-25/h2-3,6-9,16,20H,1,4-5,10-15,17H2. The molecule has 0 bridgehead atoms. The summed E-state index contributed by atoms with van der Waals surface area (Å²) >= 11 is 0.